The summed E-state index contributed by atoms with van der Waals surface area (Å²) in [4.78, 5) is 40.4. The van der Waals surface area contributed by atoms with Crippen LogP contribution < -0.4 is 16.4 Å². The van der Waals surface area contributed by atoms with Crippen molar-refractivity contribution in [3.8, 4) is 0 Å². The summed E-state index contributed by atoms with van der Waals surface area (Å²) >= 11 is 0. The monoisotopic (exact) mass is 472 g/mol. The lowest BCUT2D eigenvalue weighted by molar-refractivity contribution is -0.140. The zero-order valence-corrected chi connectivity index (χ0v) is 22.5. The Labute approximate surface area is 205 Å². The number of nitrogens with one attached hydrogen (secondary N) is 2. The van der Waals surface area contributed by atoms with Crippen LogP contribution in [0.2, 0.25) is 0 Å². The van der Waals surface area contributed by atoms with Gasteiger partial charge in [0.2, 0.25) is 17.7 Å². The van der Waals surface area contributed by atoms with Gasteiger partial charge in [-0.3, -0.25) is 14.4 Å². The smallest absolute Gasteiger partial charge is 0.245 e. The maximum absolute atomic E-state index is 13.7. The fourth-order valence-electron chi connectivity index (χ4n) is 4.17. The maximum atomic E-state index is 13.7. The van der Waals surface area contributed by atoms with Crippen molar-refractivity contribution in [3.63, 3.8) is 0 Å². The lowest BCUT2D eigenvalue weighted by Crippen LogP contribution is -2.61. The van der Waals surface area contributed by atoms with Gasteiger partial charge in [0.05, 0.1) is 12.1 Å². The van der Waals surface area contributed by atoms with E-state index in [1.807, 2.05) is 78.8 Å². The van der Waals surface area contributed by atoms with E-state index in [2.05, 4.69) is 10.6 Å². The van der Waals surface area contributed by atoms with E-state index in [1.54, 1.807) is 32.0 Å². The Morgan fingerprint density at radius 1 is 1.00 bits per heavy atom. The summed E-state index contributed by atoms with van der Waals surface area (Å²) in [5.74, 6) is -0.947. The molecule has 0 aromatic heterocycles. The molecule has 4 N–H and O–H groups in total. The predicted molar refractivity (Wildman–Crippen MR) is 138 cm³/mol. The molecule has 190 valence electrons. The van der Waals surface area contributed by atoms with Crippen LogP contribution in [0.25, 0.3) is 0 Å². The van der Waals surface area contributed by atoms with E-state index < -0.39 is 28.8 Å². The van der Waals surface area contributed by atoms with Gasteiger partial charge in [0, 0.05) is 18.0 Å². The quantitative estimate of drug-likeness (QED) is 0.455. The summed E-state index contributed by atoms with van der Waals surface area (Å²) in [6.45, 7) is 15.4. The fraction of sp³-hybridized carbons (Fsp3) is 0.593. The average Bonchev–Trinajstić information content (AvgIpc) is 2.74. The zero-order valence-electron chi connectivity index (χ0n) is 22.5. The molecule has 1 aromatic carbocycles. The van der Waals surface area contributed by atoms with E-state index in [0.29, 0.717) is 5.57 Å². The largest absolute Gasteiger partial charge is 0.366 e. The number of carbonyl (C=O) groups is 3. The Hall–Kier alpha value is -2.67. The molecule has 0 spiro atoms. The van der Waals surface area contributed by atoms with Crippen LogP contribution in [0.15, 0.2) is 42.0 Å². The molecule has 0 aliphatic carbocycles. The molecular formula is C27H44N4O3. The number of hydrogen-bond donors (Lipinski definition) is 3. The number of benzene rings is 1. The van der Waals surface area contributed by atoms with Crippen molar-refractivity contribution in [2.45, 2.75) is 78.9 Å². The molecule has 0 unspecified atom stereocenters. The molecule has 0 radical (unpaired) electrons. The van der Waals surface area contributed by atoms with Crippen LogP contribution in [0.1, 0.15) is 61.0 Å². The first kappa shape index (κ1) is 29.4. The maximum Gasteiger partial charge on any atom is 0.245 e. The minimum Gasteiger partial charge on any atom is -0.366 e. The van der Waals surface area contributed by atoms with Gasteiger partial charge in [-0.05, 0) is 30.9 Å². The zero-order chi connectivity index (χ0) is 26.4. The molecule has 3 atom stereocenters. The van der Waals surface area contributed by atoms with E-state index in [-0.39, 0.29) is 23.8 Å². The van der Waals surface area contributed by atoms with Crippen LogP contribution in [0.4, 0.5) is 0 Å². The summed E-state index contributed by atoms with van der Waals surface area (Å²) in [6.07, 6.45) is 1.72. The lowest BCUT2D eigenvalue weighted by atomic mass is 9.76. The molecule has 7 nitrogen and oxygen atoms in total. The van der Waals surface area contributed by atoms with Crippen molar-refractivity contribution >= 4 is 17.7 Å². The fourth-order valence-corrected chi connectivity index (χ4v) is 4.17. The first-order valence-corrected chi connectivity index (χ1v) is 11.8. The van der Waals surface area contributed by atoms with Crippen molar-refractivity contribution in [3.05, 3.63) is 47.5 Å². The predicted octanol–water partition coefficient (Wildman–Crippen LogP) is 3.00. The van der Waals surface area contributed by atoms with Gasteiger partial charge in [-0.15, -0.1) is 0 Å². The molecule has 0 heterocycles. The molecule has 1 rings (SSSR count). The molecule has 7 heteroatoms. The molecule has 0 fully saturated rings. The standard InChI is InChI=1S/C27H44N4O3/c1-17(2)20(16-18(3)23(28)32)31(10)25(34)22(26(4,5)6)30-24(33)21(29-9)27(7,8)19-14-12-11-13-15-19/h11-17,20-22,29H,1-10H3,(H2,28,32)(H,30,33)/b18-16+/t20-,21-,22-/m1/s1. The highest BCUT2D eigenvalue weighted by molar-refractivity contribution is 5.92. The normalized spacial score (nSPS) is 15.4. The summed E-state index contributed by atoms with van der Waals surface area (Å²) in [5, 5.41) is 6.18. The van der Waals surface area contributed by atoms with Crippen molar-refractivity contribution in [2.24, 2.45) is 17.1 Å². The molecule has 0 saturated carbocycles. The number of rotatable bonds is 10. The summed E-state index contributed by atoms with van der Waals surface area (Å²) in [6, 6.07) is 8.17. The van der Waals surface area contributed by atoms with Crippen LogP contribution in [-0.4, -0.2) is 54.8 Å². The van der Waals surface area contributed by atoms with E-state index >= 15 is 0 Å². The van der Waals surface area contributed by atoms with Gasteiger partial charge in [-0.1, -0.05) is 84.9 Å². The minimum atomic E-state index is -0.768. The van der Waals surface area contributed by atoms with Gasteiger partial charge in [0.15, 0.2) is 0 Å². The van der Waals surface area contributed by atoms with Crippen LogP contribution in [0, 0.1) is 11.3 Å². The Balaban J connectivity index is 3.29. The van der Waals surface area contributed by atoms with Crippen LogP contribution in [-0.2, 0) is 19.8 Å². The third kappa shape index (κ3) is 7.16. The SMILES string of the molecule is CN[C@H](C(=O)N[C@H](C(=O)N(C)[C@H](/C=C(\C)C(N)=O)C(C)C)C(C)(C)C)C(C)(C)c1ccccc1. The molecule has 34 heavy (non-hydrogen) atoms. The summed E-state index contributed by atoms with van der Waals surface area (Å²) < 4.78 is 0. The molecule has 3 amide bonds. The topological polar surface area (TPSA) is 105 Å². The lowest BCUT2D eigenvalue weighted by Gasteiger charge is -2.40. The highest BCUT2D eigenvalue weighted by atomic mass is 16.2. The first-order valence-electron chi connectivity index (χ1n) is 11.8. The highest BCUT2D eigenvalue weighted by Gasteiger charge is 2.41. The minimum absolute atomic E-state index is 0.0432. The molecule has 1 aromatic rings. The molecule has 0 aliphatic rings. The number of primary amides is 1. The van der Waals surface area contributed by atoms with E-state index in [1.165, 1.54) is 0 Å². The van der Waals surface area contributed by atoms with Gasteiger partial charge in [-0.25, -0.2) is 0 Å². The number of amides is 3. The highest BCUT2D eigenvalue weighted by Crippen LogP contribution is 2.29. The second kappa shape index (κ2) is 11.6. The first-order chi connectivity index (χ1) is 15.5. The number of hydrogen-bond acceptors (Lipinski definition) is 4. The average molecular weight is 473 g/mol. The third-order valence-corrected chi connectivity index (χ3v) is 6.48. The Morgan fingerprint density at radius 3 is 1.94 bits per heavy atom. The second-order valence-electron chi connectivity index (χ2n) is 11.0. The number of nitrogens with zero attached hydrogens (tertiary/aromatic N) is 1. The van der Waals surface area contributed by atoms with Crippen LogP contribution in [0.3, 0.4) is 0 Å². The van der Waals surface area contributed by atoms with Gasteiger partial charge < -0.3 is 21.3 Å². The summed E-state index contributed by atoms with van der Waals surface area (Å²) in [7, 11) is 3.45. The Bertz CT molecular complexity index is 885. The second-order valence-corrected chi connectivity index (χ2v) is 11.0. The third-order valence-electron chi connectivity index (χ3n) is 6.48. The van der Waals surface area contributed by atoms with E-state index in [0.717, 1.165) is 5.56 Å². The van der Waals surface area contributed by atoms with E-state index in [9.17, 15) is 14.4 Å². The number of carbonyl (C=O) groups excluding carboxylic acids is 3. The number of likely N-dealkylation sites (N-methyl/N-ethyl adjacent to an activating group) is 2. The Morgan fingerprint density at radius 2 is 1.53 bits per heavy atom. The molecular weight excluding hydrogens is 428 g/mol. The molecule has 0 aliphatic heterocycles. The van der Waals surface area contributed by atoms with Crippen molar-refractivity contribution in [1.29, 1.82) is 0 Å². The van der Waals surface area contributed by atoms with Gasteiger partial charge >= 0.3 is 0 Å². The van der Waals surface area contributed by atoms with Gasteiger partial charge in [0.1, 0.15) is 6.04 Å². The van der Waals surface area contributed by atoms with Gasteiger partial charge in [0.25, 0.3) is 0 Å². The number of nitrogens with two attached hydrogens (primary N) is 1. The molecule has 0 bridgehead atoms. The van der Waals surface area contributed by atoms with E-state index in [4.69, 9.17) is 5.73 Å². The van der Waals surface area contributed by atoms with Crippen LogP contribution >= 0.6 is 0 Å². The molecule has 0 saturated heterocycles. The van der Waals surface area contributed by atoms with Gasteiger partial charge in [-0.2, -0.15) is 0 Å². The van der Waals surface area contributed by atoms with Crippen molar-refractivity contribution < 1.29 is 14.4 Å². The van der Waals surface area contributed by atoms with Crippen molar-refractivity contribution in [1.82, 2.24) is 15.5 Å². The van der Waals surface area contributed by atoms with Crippen LogP contribution in [0.5, 0.6) is 0 Å². The summed E-state index contributed by atoms with van der Waals surface area (Å²) in [5.41, 5.74) is 5.78. The Kier molecular flexibility index (Phi) is 10.1. The van der Waals surface area contributed by atoms with Crippen molar-refractivity contribution in [2.75, 3.05) is 14.1 Å².